The van der Waals surface area contributed by atoms with Crippen LogP contribution in [0, 0.1) is 0 Å². The second kappa shape index (κ2) is 11.6. The average molecular weight is 423 g/mol. The highest BCUT2D eigenvalue weighted by molar-refractivity contribution is 6.68. The number of hydrogen-bond acceptors (Lipinski definition) is 9. The molecular formula is C15H23FO9Si2. The molecule has 0 heterocycles. The lowest BCUT2D eigenvalue weighted by atomic mass is 10.5. The summed E-state index contributed by atoms with van der Waals surface area (Å²) < 4.78 is 45.3. The molecule has 0 amide bonds. The summed E-state index contributed by atoms with van der Waals surface area (Å²) in [4.78, 5) is 35.0. The first-order valence-electron chi connectivity index (χ1n) is 7.53. The smallest absolute Gasteiger partial charge is 0.450 e. The van der Waals surface area contributed by atoms with Crippen molar-refractivity contribution >= 4 is 35.5 Å². The summed E-state index contributed by atoms with van der Waals surface area (Å²) in [5, 5.41) is 0. The molecule has 0 spiro atoms. The number of carbonyl (C=O) groups excluding carboxylic acids is 3. The van der Waals surface area contributed by atoms with Crippen molar-refractivity contribution in [3.63, 3.8) is 0 Å². The second-order valence-corrected chi connectivity index (χ2v) is 10.3. The summed E-state index contributed by atoms with van der Waals surface area (Å²) in [5.74, 6) is -5.63. The van der Waals surface area contributed by atoms with Gasteiger partial charge < -0.3 is 26.6 Å². The molecule has 0 saturated heterocycles. The van der Waals surface area contributed by atoms with Crippen LogP contribution >= 0.6 is 0 Å². The number of hydrogen-bond donors (Lipinski definition) is 0. The van der Waals surface area contributed by atoms with Gasteiger partial charge in [0.25, 0.3) is 0 Å². The first kappa shape index (κ1) is 24.9. The Kier molecular flexibility index (Phi) is 10.6. The predicted octanol–water partition coefficient (Wildman–Crippen LogP) is 1.26. The fourth-order valence-corrected chi connectivity index (χ4v) is 5.94. The first-order valence-corrected chi connectivity index (χ1v) is 11.3. The molecule has 12 heteroatoms. The van der Waals surface area contributed by atoms with Crippen LogP contribution in [-0.4, -0.2) is 62.6 Å². The van der Waals surface area contributed by atoms with Gasteiger partial charge in [-0.3, -0.25) is 0 Å². The molecule has 0 aromatic heterocycles. The minimum absolute atomic E-state index is 0.0880. The number of alkyl halides is 1. The number of carbonyl (C=O) groups is 3. The van der Waals surface area contributed by atoms with E-state index < -0.39 is 47.7 Å². The molecule has 1 unspecified atom stereocenters. The third-order valence-corrected chi connectivity index (χ3v) is 8.53. The standard InChI is InChI=1S/C15H23FO9Si2/c1-7-13(17)23-27(24-14(18)8-2,25-15(19)9-3)12(16)10-11-26(20-4,21-5)22-6/h7-9,12H,1-3,10-11H2,4-6H3. The maximum absolute atomic E-state index is 15.1. The number of rotatable bonds is 13. The topological polar surface area (TPSA) is 107 Å². The van der Waals surface area contributed by atoms with Crippen molar-refractivity contribution < 1.29 is 45.3 Å². The molecule has 0 saturated carbocycles. The second-order valence-electron chi connectivity index (χ2n) is 4.78. The monoisotopic (exact) mass is 422 g/mol. The summed E-state index contributed by atoms with van der Waals surface area (Å²) in [6.07, 6.45) is 1.69. The van der Waals surface area contributed by atoms with Gasteiger partial charge in [-0.15, -0.1) is 0 Å². The Bertz CT molecular complexity index is 514. The third-order valence-electron chi connectivity index (χ3n) is 3.25. The Labute approximate surface area is 159 Å². The van der Waals surface area contributed by atoms with Crippen molar-refractivity contribution in [1.82, 2.24) is 0 Å². The van der Waals surface area contributed by atoms with Gasteiger partial charge in [0.05, 0.1) is 0 Å². The SMILES string of the molecule is C=CC(=O)O[Si](OC(=O)C=C)(OC(=O)C=C)C(F)CC[Si](OC)(OC)OC. The highest BCUT2D eigenvalue weighted by Crippen LogP contribution is 2.27. The summed E-state index contributed by atoms with van der Waals surface area (Å²) >= 11 is 0. The van der Waals surface area contributed by atoms with Gasteiger partial charge in [0.2, 0.25) is 5.79 Å². The lowest BCUT2D eigenvalue weighted by Gasteiger charge is -2.30. The predicted molar refractivity (Wildman–Crippen MR) is 95.7 cm³/mol. The summed E-state index contributed by atoms with van der Waals surface area (Å²) in [7, 11) is -4.09. The molecule has 0 aromatic carbocycles. The summed E-state index contributed by atoms with van der Waals surface area (Å²) in [5.41, 5.74) is 0. The molecule has 0 radical (unpaired) electrons. The number of halogens is 1. The van der Waals surface area contributed by atoms with Crippen molar-refractivity contribution in [3.05, 3.63) is 38.0 Å². The first-order chi connectivity index (χ1) is 12.7. The normalized spacial score (nSPS) is 12.4. The van der Waals surface area contributed by atoms with Gasteiger partial charge in [0.1, 0.15) is 0 Å². The van der Waals surface area contributed by atoms with E-state index >= 15 is 4.39 Å². The van der Waals surface area contributed by atoms with Crippen molar-refractivity contribution in [2.24, 2.45) is 0 Å². The van der Waals surface area contributed by atoms with Crippen molar-refractivity contribution in [1.29, 1.82) is 0 Å². The molecule has 0 rings (SSSR count). The minimum atomic E-state index is -4.86. The Balaban J connectivity index is 5.84. The quantitative estimate of drug-likeness (QED) is 0.320. The van der Waals surface area contributed by atoms with Gasteiger partial charge in [-0.25, -0.2) is 18.8 Å². The van der Waals surface area contributed by atoms with Crippen LogP contribution in [0.3, 0.4) is 0 Å². The molecule has 152 valence electrons. The third kappa shape index (κ3) is 7.18. The van der Waals surface area contributed by atoms with Gasteiger partial charge in [-0.2, -0.15) is 0 Å². The van der Waals surface area contributed by atoms with Crippen LogP contribution in [0.15, 0.2) is 38.0 Å². The largest absolute Gasteiger partial charge is 0.742 e. The van der Waals surface area contributed by atoms with E-state index in [1.165, 1.54) is 21.3 Å². The molecule has 0 N–H and O–H groups in total. The molecule has 9 nitrogen and oxygen atoms in total. The van der Waals surface area contributed by atoms with Crippen LogP contribution in [0.25, 0.3) is 0 Å². The molecule has 1 atom stereocenters. The zero-order valence-electron chi connectivity index (χ0n) is 15.4. The lowest BCUT2D eigenvalue weighted by molar-refractivity contribution is -0.146. The molecule has 0 aliphatic heterocycles. The van der Waals surface area contributed by atoms with E-state index in [2.05, 4.69) is 19.7 Å². The van der Waals surface area contributed by atoms with Gasteiger partial charge in [-0.1, -0.05) is 19.7 Å². The Morgan fingerprint density at radius 3 is 1.44 bits per heavy atom. The van der Waals surface area contributed by atoms with Crippen molar-refractivity contribution in [3.8, 4) is 0 Å². The van der Waals surface area contributed by atoms with Crippen LogP contribution in [0.2, 0.25) is 6.04 Å². The van der Waals surface area contributed by atoms with Crippen LogP contribution in [0.5, 0.6) is 0 Å². The molecule has 0 aromatic rings. The highest BCUT2D eigenvalue weighted by Gasteiger charge is 2.62. The minimum Gasteiger partial charge on any atom is -0.450 e. The highest BCUT2D eigenvalue weighted by atomic mass is 28.4. The van der Waals surface area contributed by atoms with Crippen LogP contribution in [-0.2, 0) is 40.9 Å². The van der Waals surface area contributed by atoms with E-state index in [0.717, 1.165) is 0 Å². The lowest BCUT2D eigenvalue weighted by Crippen LogP contribution is -2.58. The van der Waals surface area contributed by atoms with E-state index in [-0.39, 0.29) is 6.04 Å². The van der Waals surface area contributed by atoms with Crippen LogP contribution < -0.4 is 0 Å². The van der Waals surface area contributed by atoms with E-state index in [9.17, 15) is 14.4 Å². The van der Waals surface area contributed by atoms with Crippen molar-refractivity contribution in [2.75, 3.05) is 21.3 Å². The summed E-state index contributed by atoms with van der Waals surface area (Å²) in [6.45, 7) is 9.54. The van der Waals surface area contributed by atoms with Gasteiger partial charge >= 0.3 is 35.5 Å². The summed E-state index contributed by atoms with van der Waals surface area (Å²) in [6, 6.07) is -0.0880. The fraction of sp³-hybridized carbons (Fsp3) is 0.400. The molecule has 0 bridgehead atoms. The van der Waals surface area contributed by atoms with E-state index in [1.807, 2.05) is 0 Å². The zero-order chi connectivity index (χ0) is 21.1. The Morgan fingerprint density at radius 2 is 1.19 bits per heavy atom. The van der Waals surface area contributed by atoms with Crippen molar-refractivity contribution in [2.45, 2.75) is 18.3 Å². The van der Waals surface area contributed by atoms with Gasteiger partial charge in [0, 0.05) is 45.6 Å². The Hall–Kier alpha value is -2.13. The van der Waals surface area contributed by atoms with Gasteiger partial charge in [0.15, 0.2) is 0 Å². The molecule has 0 aliphatic carbocycles. The zero-order valence-corrected chi connectivity index (χ0v) is 17.4. The average Bonchev–Trinajstić information content (AvgIpc) is 2.68. The van der Waals surface area contributed by atoms with Crippen LogP contribution in [0.1, 0.15) is 6.42 Å². The molecule has 0 fully saturated rings. The maximum atomic E-state index is 15.1. The fourth-order valence-electron chi connectivity index (χ4n) is 1.84. The van der Waals surface area contributed by atoms with Gasteiger partial charge in [-0.05, 0) is 6.42 Å². The van der Waals surface area contributed by atoms with E-state index in [0.29, 0.717) is 18.2 Å². The van der Waals surface area contributed by atoms with Crippen LogP contribution in [0.4, 0.5) is 4.39 Å². The Morgan fingerprint density at radius 1 is 0.852 bits per heavy atom. The van der Waals surface area contributed by atoms with E-state index in [1.54, 1.807) is 0 Å². The maximum Gasteiger partial charge on any atom is 0.742 e. The van der Waals surface area contributed by atoms with E-state index in [4.69, 9.17) is 26.6 Å². The molecule has 0 aliphatic rings. The molecule has 27 heavy (non-hydrogen) atoms. The molecular weight excluding hydrogens is 399 g/mol.